The van der Waals surface area contributed by atoms with E-state index in [0.717, 1.165) is 6.07 Å². The normalized spacial score (nSPS) is 12.1. The highest BCUT2D eigenvalue weighted by Gasteiger charge is 2.21. The number of fused-ring (bicyclic) bond motifs is 1. The van der Waals surface area contributed by atoms with Crippen molar-refractivity contribution >= 4 is 16.7 Å². The number of nitrogens with zero attached hydrogens (tertiary/aromatic N) is 1. The molecule has 1 aromatic carbocycles. The van der Waals surface area contributed by atoms with E-state index < -0.39 is 17.5 Å². The van der Waals surface area contributed by atoms with Crippen LogP contribution in [0.5, 0.6) is 0 Å². The maximum atomic E-state index is 13.5. The first kappa shape index (κ1) is 12.7. The van der Waals surface area contributed by atoms with Gasteiger partial charge in [-0.05, 0) is 17.5 Å². The first-order valence-electron chi connectivity index (χ1n) is 5.46. The number of rotatable bonds is 0. The Kier molecular flexibility index (Phi) is 2.72. The van der Waals surface area contributed by atoms with E-state index in [4.69, 9.17) is 5.73 Å². The van der Waals surface area contributed by atoms with E-state index in [9.17, 15) is 13.2 Å². The summed E-state index contributed by atoms with van der Waals surface area (Å²) in [5.74, 6) is -3.94. The summed E-state index contributed by atoms with van der Waals surface area (Å²) in [7, 11) is 0. The largest absolute Gasteiger partial charge is 0.383 e. The lowest BCUT2D eigenvalue weighted by molar-refractivity contribution is 0.452. The molecule has 2 nitrogen and oxygen atoms in total. The highest BCUT2D eigenvalue weighted by atomic mass is 19.2. The monoisotopic (exact) mass is 254 g/mol. The van der Waals surface area contributed by atoms with E-state index >= 15 is 0 Å². The molecule has 0 spiro atoms. The minimum absolute atomic E-state index is 0.125. The maximum Gasteiger partial charge on any atom is 0.196 e. The molecule has 0 bridgehead atoms. The van der Waals surface area contributed by atoms with Crippen molar-refractivity contribution in [3.05, 3.63) is 35.1 Å². The van der Waals surface area contributed by atoms with Crippen molar-refractivity contribution in [1.82, 2.24) is 4.98 Å². The zero-order valence-electron chi connectivity index (χ0n) is 10.3. The van der Waals surface area contributed by atoms with Crippen LogP contribution >= 0.6 is 0 Å². The summed E-state index contributed by atoms with van der Waals surface area (Å²) in [6.07, 6.45) is 0. The number of hydrogen-bond donors (Lipinski definition) is 1. The average Bonchev–Trinajstić information content (AvgIpc) is 2.25. The van der Waals surface area contributed by atoms with Gasteiger partial charge in [0.25, 0.3) is 0 Å². The molecule has 0 unspecified atom stereocenters. The molecular formula is C13H13F3N2. The van der Waals surface area contributed by atoms with E-state index in [1.165, 1.54) is 0 Å². The third-order valence-electron chi connectivity index (χ3n) is 2.78. The molecule has 0 atom stereocenters. The Bertz CT molecular complexity index is 630. The van der Waals surface area contributed by atoms with Gasteiger partial charge in [0, 0.05) is 10.9 Å². The number of pyridine rings is 1. The lowest BCUT2D eigenvalue weighted by Gasteiger charge is -2.21. The van der Waals surface area contributed by atoms with Crippen molar-refractivity contribution < 1.29 is 13.2 Å². The lowest BCUT2D eigenvalue weighted by Crippen LogP contribution is -2.15. The quantitative estimate of drug-likeness (QED) is 0.730. The number of nitrogen functional groups attached to an aromatic ring is 1. The van der Waals surface area contributed by atoms with Crippen LogP contribution in [0.2, 0.25) is 0 Å². The number of aromatic nitrogens is 1. The predicted octanol–water partition coefficient (Wildman–Crippen LogP) is 3.53. The van der Waals surface area contributed by atoms with Gasteiger partial charge in [0.05, 0.1) is 0 Å². The van der Waals surface area contributed by atoms with E-state index in [1.807, 2.05) is 20.8 Å². The van der Waals surface area contributed by atoms with Gasteiger partial charge in [-0.25, -0.2) is 18.2 Å². The van der Waals surface area contributed by atoms with Gasteiger partial charge in [-0.2, -0.15) is 0 Å². The molecule has 18 heavy (non-hydrogen) atoms. The van der Waals surface area contributed by atoms with Crippen LogP contribution in [-0.2, 0) is 5.41 Å². The van der Waals surface area contributed by atoms with E-state index in [2.05, 4.69) is 4.98 Å². The zero-order chi connectivity index (χ0) is 13.7. The Morgan fingerprint density at radius 2 is 1.67 bits per heavy atom. The van der Waals surface area contributed by atoms with E-state index in [1.54, 1.807) is 6.07 Å². The molecule has 0 amide bonds. The van der Waals surface area contributed by atoms with Gasteiger partial charge in [-0.15, -0.1) is 0 Å². The first-order valence-corrected chi connectivity index (χ1v) is 5.46. The summed E-state index contributed by atoms with van der Waals surface area (Å²) in [5, 5.41) is 0.200. The highest BCUT2D eigenvalue weighted by molar-refractivity contribution is 5.82. The Balaban J connectivity index is 2.85. The van der Waals surface area contributed by atoms with Crippen LogP contribution in [0.3, 0.4) is 0 Å². The molecule has 5 heteroatoms. The molecule has 1 heterocycles. The zero-order valence-corrected chi connectivity index (χ0v) is 10.3. The van der Waals surface area contributed by atoms with E-state index in [0.29, 0.717) is 5.56 Å². The van der Waals surface area contributed by atoms with Crippen LogP contribution in [0, 0.1) is 17.5 Å². The molecule has 0 fully saturated rings. The van der Waals surface area contributed by atoms with Gasteiger partial charge in [-0.1, -0.05) is 20.8 Å². The molecule has 0 aliphatic heterocycles. The highest BCUT2D eigenvalue weighted by Crippen LogP contribution is 2.31. The van der Waals surface area contributed by atoms with Crippen molar-refractivity contribution in [1.29, 1.82) is 0 Å². The summed E-state index contributed by atoms with van der Waals surface area (Å²) in [6, 6.07) is 2.47. The number of anilines is 1. The standard InChI is InChI=1S/C13H13F3N2/c1-13(2,3)7-4-6-5-8(14)9(15)10(16)11(6)18-12(7)17/h4-5H,1-3H3,(H2,17,18). The summed E-state index contributed by atoms with van der Waals surface area (Å²) in [4.78, 5) is 3.84. The van der Waals surface area contributed by atoms with Crippen LogP contribution in [0.25, 0.3) is 10.9 Å². The molecule has 0 radical (unpaired) electrons. The lowest BCUT2D eigenvalue weighted by atomic mass is 9.86. The van der Waals surface area contributed by atoms with Gasteiger partial charge in [-0.3, -0.25) is 0 Å². The van der Waals surface area contributed by atoms with Crippen molar-refractivity contribution in [3.8, 4) is 0 Å². The summed E-state index contributed by atoms with van der Waals surface area (Å²) < 4.78 is 39.8. The second-order valence-corrected chi connectivity index (χ2v) is 5.23. The van der Waals surface area contributed by atoms with Crippen LogP contribution in [0.15, 0.2) is 12.1 Å². The third kappa shape index (κ3) is 1.89. The number of nitrogens with two attached hydrogens (primary N) is 1. The molecule has 96 valence electrons. The van der Waals surface area contributed by atoms with Crippen LogP contribution in [-0.4, -0.2) is 4.98 Å². The molecule has 2 aromatic rings. The minimum atomic E-state index is -1.53. The molecule has 0 aliphatic rings. The van der Waals surface area contributed by atoms with Gasteiger partial charge >= 0.3 is 0 Å². The van der Waals surface area contributed by atoms with Crippen LogP contribution in [0.1, 0.15) is 26.3 Å². The predicted molar refractivity (Wildman–Crippen MR) is 64.7 cm³/mol. The van der Waals surface area contributed by atoms with Crippen molar-refractivity contribution in [2.45, 2.75) is 26.2 Å². The fourth-order valence-corrected chi connectivity index (χ4v) is 1.84. The summed E-state index contributed by atoms with van der Waals surface area (Å²) in [5.41, 5.74) is 5.84. The maximum absolute atomic E-state index is 13.5. The molecule has 2 rings (SSSR count). The first-order chi connectivity index (χ1) is 8.21. The second kappa shape index (κ2) is 3.86. The summed E-state index contributed by atoms with van der Waals surface area (Å²) in [6.45, 7) is 5.72. The van der Waals surface area contributed by atoms with Crippen molar-refractivity contribution in [2.24, 2.45) is 0 Å². The Hall–Kier alpha value is -1.78. The van der Waals surface area contributed by atoms with Gasteiger partial charge < -0.3 is 5.73 Å². The Morgan fingerprint density at radius 1 is 1.06 bits per heavy atom. The van der Waals surface area contributed by atoms with Crippen molar-refractivity contribution in [3.63, 3.8) is 0 Å². The topological polar surface area (TPSA) is 38.9 Å². The van der Waals surface area contributed by atoms with Crippen LogP contribution < -0.4 is 5.73 Å². The third-order valence-corrected chi connectivity index (χ3v) is 2.78. The molecule has 2 N–H and O–H groups in total. The van der Waals surface area contributed by atoms with Crippen molar-refractivity contribution in [2.75, 3.05) is 5.73 Å². The fourth-order valence-electron chi connectivity index (χ4n) is 1.84. The number of hydrogen-bond acceptors (Lipinski definition) is 2. The summed E-state index contributed by atoms with van der Waals surface area (Å²) >= 11 is 0. The molecule has 1 aromatic heterocycles. The van der Waals surface area contributed by atoms with Gasteiger partial charge in [0.1, 0.15) is 11.3 Å². The molecule has 0 saturated carbocycles. The Labute approximate surface area is 103 Å². The Morgan fingerprint density at radius 3 is 2.22 bits per heavy atom. The average molecular weight is 254 g/mol. The smallest absolute Gasteiger partial charge is 0.196 e. The minimum Gasteiger partial charge on any atom is -0.383 e. The molecule has 0 aliphatic carbocycles. The van der Waals surface area contributed by atoms with Gasteiger partial charge in [0.2, 0.25) is 0 Å². The van der Waals surface area contributed by atoms with Gasteiger partial charge in [0.15, 0.2) is 17.5 Å². The number of benzene rings is 1. The van der Waals surface area contributed by atoms with Crippen LogP contribution in [0.4, 0.5) is 19.0 Å². The van der Waals surface area contributed by atoms with E-state index in [-0.39, 0.29) is 22.1 Å². The SMILES string of the molecule is CC(C)(C)c1cc2cc(F)c(F)c(F)c2nc1N. The number of halogens is 3. The molecular weight excluding hydrogens is 241 g/mol. The molecule has 0 saturated heterocycles. The second-order valence-electron chi connectivity index (χ2n) is 5.23. The fraction of sp³-hybridized carbons (Fsp3) is 0.308.